The van der Waals surface area contributed by atoms with Gasteiger partial charge in [-0.15, -0.1) is 0 Å². The molecular weight excluding hydrogens is 501 g/mol. The molecule has 2 aromatic heterocycles. The summed E-state index contributed by atoms with van der Waals surface area (Å²) in [5, 5.41) is 2.68. The fraction of sp³-hybridized carbons (Fsp3) is 0.346. The molecule has 1 aromatic carbocycles. The number of carbonyl (C=O) groups is 2. The van der Waals surface area contributed by atoms with Gasteiger partial charge in [-0.1, -0.05) is 5.92 Å². The fourth-order valence-electron chi connectivity index (χ4n) is 3.94. The van der Waals surface area contributed by atoms with Crippen molar-refractivity contribution in [1.82, 2.24) is 24.3 Å². The van der Waals surface area contributed by atoms with Gasteiger partial charge in [0.05, 0.1) is 18.5 Å². The van der Waals surface area contributed by atoms with Gasteiger partial charge in [0.25, 0.3) is 0 Å². The highest BCUT2D eigenvalue weighted by Gasteiger charge is 2.33. The molecule has 4 rings (SSSR count). The van der Waals surface area contributed by atoms with E-state index < -0.39 is 17.8 Å². The van der Waals surface area contributed by atoms with Gasteiger partial charge in [0, 0.05) is 69.2 Å². The van der Waals surface area contributed by atoms with Crippen LogP contribution in [-0.4, -0.2) is 76.0 Å². The van der Waals surface area contributed by atoms with Gasteiger partial charge in [-0.2, -0.15) is 13.2 Å². The van der Waals surface area contributed by atoms with E-state index in [-0.39, 0.29) is 11.5 Å². The molecule has 3 aromatic rings. The second-order valence-corrected chi connectivity index (χ2v) is 8.81. The number of hydrogen-bond acceptors (Lipinski definition) is 5. The fourth-order valence-corrected chi connectivity index (χ4v) is 3.94. The standard InChI is InChI=1S/C26H27F3N6O3/c1-33-9-7-19(17-33)3-6-24(37)31-21-15-20(25-30-16-23(32-25)26(27,28)29)4-5-22(21)38-14-2-8-34-10-12-35(18-36)13-11-34/h4-5,7,9,15-18H,2,8,10-14H2,1H3,(H,30,32)(H,31,37). The van der Waals surface area contributed by atoms with Crippen LogP contribution in [0.2, 0.25) is 0 Å². The normalized spacial score (nSPS) is 14.1. The van der Waals surface area contributed by atoms with Gasteiger partial charge in [0.2, 0.25) is 6.41 Å². The molecule has 38 heavy (non-hydrogen) atoms. The molecule has 200 valence electrons. The van der Waals surface area contributed by atoms with E-state index in [0.717, 1.165) is 32.2 Å². The van der Waals surface area contributed by atoms with Gasteiger partial charge in [-0.3, -0.25) is 14.5 Å². The van der Waals surface area contributed by atoms with Crippen molar-refractivity contribution < 1.29 is 27.5 Å². The van der Waals surface area contributed by atoms with Crippen molar-refractivity contribution in [1.29, 1.82) is 0 Å². The first-order valence-electron chi connectivity index (χ1n) is 12.0. The van der Waals surface area contributed by atoms with Crippen LogP contribution in [0.1, 0.15) is 17.7 Å². The largest absolute Gasteiger partial charge is 0.491 e. The number of nitrogens with one attached hydrogen (secondary N) is 2. The maximum absolute atomic E-state index is 13.0. The van der Waals surface area contributed by atoms with E-state index >= 15 is 0 Å². The smallest absolute Gasteiger partial charge is 0.432 e. The summed E-state index contributed by atoms with van der Waals surface area (Å²) in [4.78, 5) is 33.5. The topological polar surface area (TPSA) is 95.5 Å². The first-order valence-corrected chi connectivity index (χ1v) is 12.0. The van der Waals surface area contributed by atoms with Crippen LogP contribution in [0.15, 0.2) is 42.9 Å². The molecule has 0 atom stereocenters. The third-order valence-electron chi connectivity index (χ3n) is 5.97. The third kappa shape index (κ3) is 7.17. The summed E-state index contributed by atoms with van der Waals surface area (Å²) in [6.07, 6.45) is 1.30. The van der Waals surface area contributed by atoms with Gasteiger partial charge in [-0.05, 0) is 30.7 Å². The van der Waals surface area contributed by atoms with Crippen LogP contribution < -0.4 is 10.1 Å². The van der Waals surface area contributed by atoms with Gasteiger partial charge in [0.15, 0.2) is 0 Å². The lowest BCUT2D eigenvalue weighted by molar-refractivity contribution is -0.140. The first kappa shape index (κ1) is 26.8. The van der Waals surface area contributed by atoms with E-state index in [1.165, 1.54) is 6.07 Å². The van der Waals surface area contributed by atoms with Crippen molar-refractivity contribution in [3.8, 4) is 29.0 Å². The Bertz CT molecular complexity index is 1330. The Kier molecular flexibility index (Phi) is 8.38. The predicted molar refractivity (Wildman–Crippen MR) is 134 cm³/mol. The number of hydrogen-bond donors (Lipinski definition) is 2. The summed E-state index contributed by atoms with van der Waals surface area (Å²) in [6, 6.07) is 6.41. The van der Waals surface area contributed by atoms with Crippen LogP contribution in [0.3, 0.4) is 0 Å². The van der Waals surface area contributed by atoms with Crippen molar-refractivity contribution >= 4 is 18.0 Å². The number of aromatic amines is 1. The van der Waals surface area contributed by atoms with E-state index in [4.69, 9.17) is 4.74 Å². The van der Waals surface area contributed by atoms with Crippen LogP contribution in [0, 0.1) is 11.8 Å². The van der Waals surface area contributed by atoms with Crippen LogP contribution in [0.4, 0.5) is 18.9 Å². The monoisotopic (exact) mass is 528 g/mol. The summed E-state index contributed by atoms with van der Waals surface area (Å²) in [7, 11) is 1.84. The summed E-state index contributed by atoms with van der Waals surface area (Å²) >= 11 is 0. The second-order valence-electron chi connectivity index (χ2n) is 8.81. The minimum Gasteiger partial charge on any atom is -0.491 e. The molecule has 3 heterocycles. The number of carbonyl (C=O) groups excluding carboxylic acids is 2. The number of nitrogens with zero attached hydrogens (tertiary/aromatic N) is 4. The van der Waals surface area contributed by atoms with Crippen LogP contribution in [-0.2, 0) is 22.8 Å². The summed E-state index contributed by atoms with van der Waals surface area (Å²) in [5.74, 6) is 5.05. The van der Waals surface area contributed by atoms with Crippen molar-refractivity contribution in [3.63, 3.8) is 0 Å². The number of piperazine rings is 1. The Hall–Kier alpha value is -4.24. The molecule has 9 nitrogen and oxygen atoms in total. The lowest BCUT2D eigenvalue weighted by Crippen LogP contribution is -2.46. The van der Waals surface area contributed by atoms with Gasteiger partial charge in [-0.25, -0.2) is 4.98 Å². The highest BCUT2D eigenvalue weighted by Crippen LogP contribution is 2.33. The minimum atomic E-state index is -4.56. The average molecular weight is 529 g/mol. The summed E-state index contributed by atoms with van der Waals surface area (Å²) in [5.41, 5.74) is 0.296. The molecule has 0 spiro atoms. The Morgan fingerprint density at radius 3 is 2.68 bits per heavy atom. The van der Waals surface area contributed by atoms with Crippen LogP contribution >= 0.6 is 0 Å². The third-order valence-corrected chi connectivity index (χ3v) is 5.97. The molecule has 1 aliphatic heterocycles. The highest BCUT2D eigenvalue weighted by atomic mass is 19.4. The second kappa shape index (κ2) is 11.9. The number of aromatic nitrogens is 3. The Morgan fingerprint density at radius 1 is 1.24 bits per heavy atom. The number of aryl methyl sites for hydroxylation is 1. The van der Waals surface area contributed by atoms with E-state index in [2.05, 4.69) is 32.0 Å². The molecule has 0 radical (unpaired) electrons. The minimum absolute atomic E-state index is 0.00390. The van der Waals surface area contributed by atoms with Gasteiger partial charge in [0.1, 0.15) is 17.3 Å². The van der Waals surface area contributed by atoms with Crippen LogP contribution in [0.5, 0.6) is 5.75 Å². The van der Waals surface area contributed by atoms with Crippen molar-refractivity contribution in [2.24, 2.45) is 7.05 Å². The number of amides is 2. The highest BCUT2D eigenvalue weighted by molar-refractivity contribution is 6.05. The molecule has 0 aliphatic carbocycles. The number of ether oxygens (including phenoxy) is 1. The Labute approximate surface area is 217 Å². The van der Waals surface area contributed by atoms with E-state index in [0.29, 0.717) is 43.0 Å². The lowest BCUT2D eigenvalue weighted by atomic mass is 10.1. The maximum atomic E-state index is 13.0. The zero-order chi connectivity index (χ0) is 27.1. The van der Waals surface area contributed by atoms with Crippen molar-refractivity contribution in [2.75, 3.05) is 44.6 Å². The van der Waals surface area contributed by atoms with Gasteiger partial charge < -0.3 is 24.5 Å². The molecule has 1 saturated heterocycles. The summed E-state index contributed by atoms with van der Waals surface area (Å²) in [6.45, 7) is 4.09. The number of H-pyrrole nitrogens is 1. The first-order chi connectivity index (χ1) is 18.2. The number of halogens is 3. The molecule has 0 unspecified atom stereocenters. The SMILES string of the molecule is Cn1ccc(C#CC(=O)Nc2cc(-c3ncc(C(F)(F)F)[nH]3)ccc2OCCCN2CCN(C=O)CC2)c1. The molecular formula is C26H27F3N6O3. The van der Waals surface area contributed by atoms with Crippen LogP contribution in [0.25, 0.3) is 11.4 Å². The van der Waals surface area contributed by atoms with E-state index in [1.54, 1.807) is 40.1 Å². The predicted octanol–water partition coefficient (Wildman–Crippen LogP) is 2.97. The zero-order valence-corrected chi connectivity index (χ0v) is 20.7. The molecule has 0 bridgehead atoms. The molecule has 2 amide bonds. The summed E-state index contributed by atoms with van der Waals surface area (Å²) < 4.78 is 46.8. The number of imidazole rings is 1. The van der Waals surface area contributed by atoms with Crippen molar-refractivity contribution in [2.45, 2.75) is 12.6 Å². The van der Waals surface area contributed by atoms with Crippen molar-refractivity contribution in [3.05, 3.63) is 54.1 Å². The maximum Gasteiger partial charge on any atom is 0.432 e. The number of anilines is 1. The average Bonchev–Trinajstić information content (AvgIpc) is 3.56. The van der Waals surface area contributed by atoms with E-state index in [1.807, 2.05) is 7.05 Å². The number of benzene rings is 1. The molecule has 1 aliphatic rings. The lowest BCUT2D eigenvalue weighted by Gasteiger charge is -2.32. The number of rotatable bonds is 8. The molecule has 2 N–H and O–H groups in total. The number of alkyl halides is 3. The zero-order valence-electron chi connectivity index (χ0n) is 20.7. The quantitative estimate of drug-likeness (QED) is 0.266. The molecule has 12 heteroatoms. The Morgan fingerprint density at radius 2 is 2.03 bits per heavy atom. The van der Waals surface area contributed by atoms with E-state index in [9.17, 15) is 22.8 Å². The van der Waals surface area contributed by atoms with Gasteiger partial charge >= 0.3 is 12.1 Å². The molecule has 0 saturated carbocycles. The Balaban J connectivity index is 1.45. The molecule has 1 fully saturated rings.